The van der Waals surface area contributed by atoms with Crippen LogP contribution in [-0.4, -0.2) is 73.6 Å². The lowest BCUT2D eigenvalue weighted by molar-refractivity contribution is -0.144. The second-order valence-corrected chi connectivity index (χ2v) is 12.4. The highest BCUT2D eigenvalue weighted by molar-refractivity contribution is 5.90. The number of carbonyl (C=O) groups is 2. The van der Waals surface area contributed by atoms with Gasteiger partial charge in [-0.1, -0.05) is 50.3 Å². The first kappa shape index (κ1) is 28.9. The van der Waals surface area contributed by atoms with Gasteiger partial charge in [0, 0.05) is 37.5 Å². The number of pyridine rings is 1. The Morgan fingerprint density at radius 1 is 1.05 bits per heavy atom. The van der Waals surface area contributed by atoms with Crippen molar-refractivity contribution in [2.45, 2.75) is 77.1 Å². The summed E-state index contributed by atoms with van der Waals surface area (Å²) in [6, 6.07) is 10.2. The predicted octanol–water partition coefficient (Wildman–Crippen LogP) is 3.23. The topological polar surface area (TPSA) is 125 Å². The Bertz CT molecular complexity index is 1330. The molecule has 10 nitrogen and oxygen atoms in total. The van der Waals surface area contributed by atoms with Crippen LogP contribution in [0.25, 0.3) is 11.1 Å². The quantitative estimate of drug-likeness (QED) is 0.406. The summed E-state index contributed by atoms with van der Waals surface area (Å²) in [4.78, 5) is 33.2. The van der Waals surface area contributed by atoms with Gasteiger partial charge < -0.3 is 20.6 Å². The van der Waals surface area contributed by atoms with Gasteiger partial charge in [0.15, 0.2) is 0 Å². The number of hydrogen-bond donors (Lipinski definition) is 3. The maximum Gasteiger partial charge on any atom is 0.248 e. The molecule has 4 heterocycles. The Kier molecular flexibility index (Phi) is 8.51. The van der Waals surface area contributed by atoms with E-state index in [1.54, 1.807) is 17.1 Å². The first-order valence-electron chi connectivity index (χ1n) is 14.5. The summed E-state index contributed by atoms with van der Waals surface area (Å²) in [5.41, 5.74) is 3.49. The molecule has 2 aliphatic heterocycles. The number of carbonyl (C=O) groups excluding carboxylic acids is 2. The average Bonchev–Trinajstić information content (AvgIpc) is 3.60. The minimum atomic E-state index is -0.772. The highest BCUT2D eigenvalue weighted by Crippen LogP contribution is 2.35. The van der Waals surface area contributed by atoms with E-state index >= 15 is 0 Å². The van der Waals surface area contributed by atoms with Crippen LogP contribution in [0.4, 0.5) is 0 Å². The largest absolute Gasteiger partial charge is 0.391 e. The van der Waals surface area contributed by atoms with Crippen LogP contribution in [0.1, 0.15) is 76.2 Å². The summed E-state index contributed by atoms with van der Waals surface area (Å²) in [5.74, 6) is -0.194. The molecule has 0 radical (unpaired) electrons. The Labute approximate surface area is 241 Å². The molecule has 4 atom stereocenters. The van der Waals surface area contributed by atoms with Crippen molar-refractivity contribution in [3.63, 3.8) is 0 Å². The van der Waals surface area contributed by atoms with Crippen molar-refractivity contribution in [1.82, 2.24) is 35.5 Å². The zero-order chi connectivity index (χ0) is 29.1. The van der Waals surface area contributed by atoms with Crippen LogP contribution >= 0.6 is 0 Å². The van der Waals surface area contributed by atoms with E-state index in [9.17, 15) is 14.7 Å². The minimum absolute atomic E-state index is 0.106. The molecule has 2 aliphatic rings. The summed E-state index contributed by atoms with van der Waals surface area (Å²) >= 11 is 0. The second kappa shape index (κ2) is 12.1. The highest BCUT2D eigenvalue weighted by atomic mass is 16.3. The van der Waals surface area contributed by atoms with Gasteiger partial charge in [-0.3, -0.25) is 14.6 Å². The van der Waals surface area contributed by atoms with Crippen LogP contribution in [0, 0.1) is 5.41 Å². The number of nitrogens with zero attached hydrogens (tertiary/aromatic N) is 5. The maximum atomic E-state index is 14.1. The predicted molar refractivity (Wildman–Crippen MR) is 156 cm³/mol. The summed E-state index contributed by atoms with van der Waals surface area (Å²) < 4.78 is 1.66. The van der Waals surface area contributed by atoms with Crippen molar-refractivity contribution in [1.29, 1.82) is 0 Å². The fourth-order valence-corrected chi connectivity index (χ4v) is 5.97. The van der Waals surface area contributed by atoms with E-state index in [1.807, 2.05) is 70.3 Å². The fourth-order valence-electron chi connectivity index (χ4n) is 5.97. The fraction of sp³-hybridized carbons (Fsp3) is 0.516. The molecule has 2 saturated heterocycles. The summed E-state index contributed by atoms with van der Waals surface area (Å²) in [6.07, 6.45) is 6.80. The molecule has 2 fully saturated rings. The van der Waals surface area contributed by atoms with Crippen molar-refractivity contribution in [3.05, 3.63) is 66.2 Å². The van der Waals surface area contributed by atoms with Crippen LogP contribution < -0.4 is 10.6 Å². The Hall–Kier alpha value is -3.63. The van der Waals surface area contributed by atoms with Crippen LogP contribution in [0.3, 0.4) is 0 Å². The van der Waals surface area contributed by atoms with Crippen LogP contribution in [0.5, 0.6) is 0 Å². The number of amides is 2. The number of likely N-dealkylation sites (tertiary alicyclic amines) is 1. The first-order chi connectivity index (χ1) is 19.6. The molecule has 0 unspecified atom stereocenters. The van der Waals surface area contributed by atoms with Crippen LogP contribution in [-0.2, 0) is 9.59 Å². The smallest absolute Gasteiger partial charge is 0.248 e. The van der Waals surface area contributed by atoms with E-state index in [4.69, 9.17) is 0 Å². The van der Waals surface area contributed by atoms with Crippen molar-refractivity contribution in [2.24, 2.45) is 5.41 Å². The number of piperidine rings is 1. The summed E-state index contributed by atoms with van der Waals surface area (Å²) in [7, 11) is 0. The third kappa shape index (κ3) is 6.49. The molecule has 0 bridgehead atoms. The van der Waals surface area contributed by atoms with E-state index < -0.39 is 23.6 Å². The molecule has 0 spiro atoms. The van der Waals surface area contributed by atoms with Gasteiger partial charge in [-0.15, -0.1) is 5.10 Å². The molecule has 5 rings (SSSR count). The number of rotatable bonds is 7. The van der Waals surface area contributed by atoms with Crippen molar-refractivity contribution in [3.8, 4) is 11.1 Å². The molecule has 2 aromatic heterocycles. The lowest BCUT2D eigenvalue weighted by Gasteiger charge is -2.35. The number of hydrogen-bond acceptors (Lipinski definition) is 7. The summed E-state index contributed by atoms with van der Waals surface area (Å²) in [6.45, 7) is 9.87. The highest BCUT2D eigenvalue weighted by Gasteiger charge is 2.45. The monoisotopic (exact) mass is 559 g/mol. The van der Waals surface area contributed by atoms with E-state index in [0.717, 1.165) is 48.3 Å². The number of aliphatic hydroxyl groups is 1. The van der Waals surface area contributed by atoms with E-state index in [-0.39, 0.29) is 30.8 Å². The molecule has 2 amide bonds. The molecule has 3 N–H and O–H groups in total. The second-order valence-electron chi connectivity index (χ2n) is 12.4. The SMILES string of the molecule is C[C@H](NC(=O)[C@@H]1C[C@@H](O)CN1C(=O)[C@@H](n1cc(C2CCNCC2)nn1)C(C)(C)C)c1ccc(-c2ccncc2)cc1. The van der Waals surface area contributed by atoms with Gasteiger partial charge in [0.05, 0.1) is 17.8 Å². The normalized spacial score (nSPS) is 21.4. The number of aromatic nitrogens is 4. The number of β-amino-alcohol motifs (C(OH)–C–C–N with tert-alkyl or cyclic N) is 1. The van der Waals surface area contributed by atoms with E-state index in [1.165, 1.54) is 4.90 Å². The third-order valence-electron chi connectivity index (χ3n) is 8.25. The van der Waals surface area contributed by atoms with Gasteiger partial charge in [0.2, 0.25) is 11.8 Å². The molecule has 41 heavy (non-hydrogen) atoms. The molecular formula is C31H41N7O3. The van der Waals surface area contributed by atoms with Crippen LogP contribution in [0.2, 0.25) is 0 Å². The van der Waals surface area contributed by atoms with E-state index in [0.29, 0.717) is 5.92 Å². The van der Waals surface area contributed by atoms with Gasteiger partial charge in [-0.25, -0.2) is 4.68 Å². The third-order valence-corrected chi connectivity index (χ3v) is 8.25. The molecule has 3 aromatic rings. The molecule has 10 heteroatoms. The average molecular weight is 560 g/mol. The number of aliphatic hydroxyl groups excluding tert-OH is 1. The van der Waals surface area contributed by atoms with Crippen LogP contribution in [0.15, 0.2) is 55.0 Å². The lowest BCUT2D eigenvalue weighted by atomic mass is 9.85. The van der Waals surface area contributed by atoms with Gasteiger partial charge in [0.1, 0.15) is 12.1 Å². The van der Waals surface area contributed by atoms with Crippen molar-refractivity contribution in [2.75, 3.05) is 19.6 Å². The Morgan fingerprint density at radius 3 is 2.37 bits per heavy atom. The van der Waals surface area contributed by atoms with Gasteiger partial charge in [-0.2, -0.15) is 0 Å². The molecular weight excluding hydrogens is 518 g/mol. The lowest BCUT2D eigenvalue weighted by Crippen LogP contribution is -2.50. The number of benzene rings is 1. The van der Waals surface area contributed by atoms with Crippen molar-refractivity contribution >= 4 is 11.8 Å². The molecule has 1 aromatic carbocycles. The Balaban J connectivity index is 1.30. The molecule has 0 aliphatic carbocycles. The van der Waals surface area contributed by atoms with Gasteiger partial charge in [0.25, 0.3) is 0 Å². The van der Waals surface area contributed by atoms with Gasteiger partial charge >= 0.3 is 0 Å². The standard InChI is InChI=1S/C31H41N7O3/c1-20(21-5-7-22(8-6-21)23-9-13-32-14-10-23)34-29(40)27-17-25(39)18-37(27)30(41)28(31(2,3)4)38-19-26(35-36-38)24-11-15-33-16-12-24/h5-10,13-14,19-20,24-25,27-28,33,39H,11-12,15-18H2,1-4H3,(H,34,40)/t20-,25+,27-,28+/m0/s1. The molecule has 218 valence electrons. The van der Waals surface area contributed by atoms with Crippen molar-refractivity contribution < 1.29 is 14.7 Å². The van der Waals surface area contributed by atoms with E-state index in [2.05, 4.69) is 25.9 Å². The first-order valence-corrected chi connectivity index (χ1v) is 14.5. The van der Waals surface area contributed by atoms with Gasteiger partial charge in [-0.05, 0) is 67.1 Å². The number of nitrogens with one attached hydrogen (secondary N) is 2. The molecule has 0 saturated carbocycles. The summed E-state index contributed by atoms with van der Waals surface area (Å²) in [5, 5.41) is 25.8. The minimum Gasteiger partial charge on any atom is -0.391 e. The zero-order valence-corrected chi connectivity index (χ0v) is 24.3. The Morgan fingerprint density at radius 2 is 1.71 bits per heavy atom. The maximum absolute atomic E-state index is 14.1. The zero-order valence-electron chi connectivity index (χ0n) is 24.3.